The highest BCUT2D eigenvalue weighted by molar-refractivity contribution is 5.74. The molecule has 2 rings (SSSR count). The van der Waals surface area contributed by atoms with E-state index in [1.54, 1.807) is 19.1 Å². The van der Waals surface area contributed by atoms with Crippen molar-refractivity contribution in [2.24, 2.45) is 5.92 Å². The van der Waals surface area contributed by atoms with Crippen LogP contribution >= 0.6 is 0 Å². The lowest BCUT2D eigenvalue weighted by Gasteiger charge is -2.28. The Hall–Kier alpha value is -1.96. The van der Waals surface area contributed by atoms with E-state index >= 15 is 0 Å². The third-order valence-electron chi connectivity index (χ3n) is 3.96. The fraction of sp³-hybridized carbons (Fsp3) is 0.562. The summed E-state index contributed by atoms with van der Waals surface area (Å²) in [6.45, 7) is 0.420. The summed E-state index contributed by atoms with van der Waals surface area (Å²) in [5, 5.41) is 14.8. The van der Waals surface area contributed by atoms with E-state index in [0.29, 0.717) is 5.56 Å². The van der Waals surface area contributed by atoms with Crippen molar-refractivity contribution in [3.05, 3.63) is 29.8 Å². The molecular formula is C16H21F3N2O3. The molecule has 0 aliphatic heterocycles. The summed E-state index contributed by atoms with van der Waals surface area (Å²) in [6, 6.07) is 5.67. The molecule has 1 saturated carbocycles. The molecule has 24 heavy (non-hydrogen) atoms. The van der Waals surface area contributed by atoms with Crippen LogP contribution in [0.15, 0.2) is 24.3 Å². The van der Waals surface area contributed by atoms with Gasteiger partial charge in [-0.3, -0.25) is 0 Å². The number of carbonyl (C=O) groups is 1. The highest BCUT2D eigenvalue weighted by Crippen LogP contribution is 2.39. The second-order valence-corrected chi connectivity index (χ2v) is 6.21. The van der Waals surface area contributed by atoms with Crippen LogP contribution in [0.4, 0.5) is 18.0 Å². The topological polar surface area (TPSA) is 70.6 Å². The number of aliphatic hydroxyl groups is 1. The lowest BCUT2D eigenvalue weighted by molar-refractivity contribution is -0.153. The second-order valence-electron chi connectivity index (χ2n) is 6.21. The van der Waals surface area contributed by atoms with Gasteiger partial charge in [-0.15, -0.1) is 0 Å². The van der Waals surface area contributed by atoms with Gasteiger partial charge in [-0.05, 0) is 43.4 Å². The van der Waals surface area contributed by atoms with Crippen LogP contribution in [0.25, 0.3) is 0 Å². The molecular weight excluding hydrogens is 325 g/mol. The second kappa shape index (κ2) is 7.29. The molecule has 1 fully saturated rings. The molecule has 8 heteroatoms. The summed E-state index contributed by atoms with van der Waals surface area (Å²) in [5.74, 6) is 0.359. The average molecular weight is 346 g/mol. The van der Waals surface area contributed by atoms with Crippen molar-refractivity contribution >= 4 is 6.03 Å². The predicted octanol–water partition coefficient (Wildman–Crippen LogP) is 2.59. The summed E-state index contributed by atoms with van der Waals surface area (Å²) in [6.07, 6.45) is -2.46. The van der Waals surface area contributed by atoms with Crippen LogP contribution in [0.2, 0.25) is 0 Å². The van der Waals surface area contributed by atoms with Gasteiger partial charge < -0.3 is 20.5 Å². The van der Waals surface area contributed by atoms with Crippen LogP contribution in [0.5, 0.6) is 5.75 Å². The zero-order valence-corrected chi connectivity index (χ0v) is 13.3. The highest BCUT2D eigenvalue weighted by Gasteiger charge is 2.42. The monoisotopic (exact) mass is 346 g/mol. The van der Waals surface area contributed by atoms with Crippen LogP contribution in [0.1, 0.15) is 25.3 Å². The fourth-order valence-corrected chi connectivity index (χ4v) is 2.39. The average Bonchev–Trinajstić information content (AvgIpc) is 3.36. The number of amides is 2. The molecule has 1 aliphatic rings. The number of carbonyl (C=O) groups excluding carboxylic acids is 1. The van der Waals surface area contributed by atoms with Gasteiger partial charge in [0, 0.05) is 6.54 Å². The van der Waals surface area contributed by atoms with Gasteiger partial charge in [0.25, 0.3) is 0 Å². The van der Waals surface area contributed by atoms with Crippen LogP contribution in [0.3, 0.4) is 0 Å². The Morgan fingerprint density at radius 1 is 1.38 bits per heavy atom. The maximum absolute atomic E-state index is 12.1. The Morgan fingerprint density at radius 2 is 2.08 bits per heavy atom. The van der Waals surface area contributed by atoms with Crippen LogP contribution in [0, 0.1) is 5.92 Å². The first-order valence-electron chi connectivity index (χ1n) is 7.67. The van der Waals surface area contributed by atoms with Gasteiger partial charge in [0.1, 0.15) is 5.75 Å². The minimum absolute atomic E-state index is 0.0882. The standard InChI is InChI=1S/C16H21F3N2O3/c1-15(9-22,12-5-6-12)21-14(23)20-8-11-3-2-4-13(7-11)24-10-16(17,18)19/h2-4,7,12,22H,5-6,8-10H2,1H3,(H2,20,21,23). The molecule has 1 unspecified atom stereocenters. The molecule has 5 nitrogen and oxygen atoms in total. The van der Waals surface area contributed by atoms with Crippen molar-refractivity contribution < 1.29 is 27.8 Å². The Bertz CT molecular complexity index is 576. The molecule has 0 spiro atoms. The summed E-state index contributed by atoms with van der Waals surface area (Å²) in [5.41, 5.74) is -0.0381. The molecule has 3 N–H and O–H groups in total. The number of urea groups is 1. The normalized spacial score (nSPS) is 17.0. The number of ether oxygens (including phenoxy) is 1. The largest absolute Gasteiger partial charge is 0.484 e. The van der Waals surface area contributed by atoms with Crippen molar-refractivity contribution in [2.75, 3.05) is 13.2 Å². The third kappa shape index (κ3) is 5.59. The lowest BCUT2D eigenvalue weighted by atomic mass is 9.97. The number of rotatable bonds is 7. The summed E-state index contributed by atoms with van der Waals surface area (Å²) in [4.78, 5) is 12.0. The first kappa shape index (κ1) is 18.4. The Morgan fingerprint density at radius 3 is 2.67 bits per heavy atom. The number of aliphatic hydroxyl groups excluding tert-OH is 1. The molecule has 1 aromatic carbocycles. The minimum atomic E-state index is -4.40. The SMILES string of the molecule is CC(CO)(NC(=O)NCc1cccc(OCC(F)(F)F)c1)C1CC1. The lowest BCUT2D eigenvalue weighted by Crippen LogP contribution is -2.53. The number of nitrogens with one attached hydrogen (secondary N) is 2. The van der Waals surface area contributed by atoms with Crippen LogP contribution in [-0.2, 0) is 6.54 Å². The first-order chi connectivity index (χ1) is 11.2. The van der Waals surface area contributed by atoms with E-state index in [2.05, 4.69) is 15.4 Å². The number of hydrogen-bond donors (Lipinski definition) is 3. The molecule has 1 atom stereocenters. The molecule has 1 aromatic rings. The van der Waals surface area contributed by atoms with Crippen molar-refractivity contribution in [1.82, 2.24) is 10.6 Å². The Kier molecular flexibility index (Phi) is 5.58. The van der Waals surface area contributed by atoms with E-state index in [1.165, 1.54) is 12.1 Å². The molecule has 0 bridgehead atoms. The minimum Gasteiger partial charge on any atom is -0.484 e. The Balaban J connectivity index is 1.84. The van der Waals surface area contributed by atoms with Gasteiger partial charge in [0.2, 0.25) is 0 Å². The van der Waals surface area contributed by atoms with Gasteiger partial charge in [-0.1, -0.05) is 12.1 Å². The van der Waals surface area contributed by atoms with Crippen molar-refractivity contribution in [1.29, 1.82) is 0 Å². The third-order valence-corrected chi connectivity index (χ3v) is 3.96. The molecule has 0 aromatic heterocycles. The molecule has 2 amide bonds. The van der Waals surface area contributed by atoms with E-state index in [1.807, 2.05) is 0 Å². The summed E-state index contributed by atoms with van der Waals surface area (Å²) >= 11 is 0. The van der Waals surface area contributed by atoms with E-state index in [0.717, 1.165) is 12.8 Å². The van der Waals surface area contributed by atoms with Gasteiger partial charge in [-0.25, -0.2) is 4.79 Å². The van der Waals surface area contributed by atoms with Crippen molar-refractivity contribution in [2.45, 2.75) is 38.0 Å². The first-order valence-corrected chi connectivity index (χ1v) is 7.67. The van der Waals surface area contributed by atoms with Crippen LogP contribution in [-0.4, -0.2) is 36.1 Å². The van der Waals surface area contributed by atoms with Crippen molar-refractivity contribution in [3.8, 4) is 5.75 Å². The van der Waals surface area contributed by atoms with Crippen molar-refractivity contribution in [3.63, 3.8) is 0 Å². The van der Waals surface area contributed by atoms with E-state index in [9.17, 15) is 23.1 Å². The molecule has 0 heterocycles. The molecule has 0 saturated heterocycles. The number of benzene rings is 1. The zero-order valence-electron chi connectivity index (χ0n) is 13.3. The number of alkyl halides is 3. The summed E-state index contributed by atoms with van der Waals surface area (Å²) in [7, 11) is 0. The quantitative estimate of drug-likeness (QED) is 0.711. The number of halogens is 3. The number of hydrogen-bond acceptors (Lipinski definition) is 3. The van der Waals surface area contributed by atoms with E-state index in [4.69, 9.17) is 0 Å². The van der Waals surface area contributed by atoms with E-state index < -0.39 is 24.4 Å². The van der Waals surface area contributed by atoms with Gasteiger partial charge in [-0.2, -0.15) is 13.2 Å². The fourth-order valence-electron chi connectivity index (χ4n) is 2.39. The highest BCUT2D eigenvalue weighted by atomic mass is 19.4. The molecule has 134 valence electrons. The van der Waals surface area contributed by atoms with Gasteiger partial charge in [0.05, 0.1) is 12.1 Å². The van der Waals surface area contributed by atoms with Crippen LogP contribution < -0.4 is 15.4 Å². The molecule has 0 radical (unpaired) electrons. The smallest absolute Gasteiger partial charge is 0.422 e. The molecule has 1 aliphatic carbocycles. The maximum atomic E-state index is 12.1. The summed E-state index contributed by atoms with van der Waals surface area (Å²) < 4.78 is 41.1. The zero-order chi connectivity index (χ0) is 17.8. The predicted molar refractivity (Wildman–Crippen MR) is 81.6 cm³/mol. The maximum Gasteiger partial charge on any atom is 0.422 e. The van der Waals surface area contributed by atoms with Gasteiger partial charge in [0.15, 0.2) is 6.61 Å². The van der Waals surface area contributed by atoms with E-state index in [-0.39, 0.29) is 24.8 Å². The van der Waals surface area contributed by atoms with Gasteiger partial charge >= 0.3 is 12.2 Å². The Labute approximate surface area is 138 Å².